The third kappa shape index (κ3) is 6.11. The quantitative estimate of drug-likeness (QED) is 0.787. The Morgan fingerprint density at radius 1 is 1.30 bits per heavy atom. The smallest absolute Gasteiger partial charge is 0.321 e. The summed E-state index contributed by atoms with van der Waals surface area (Å²) in [5.74, 6) is 0. The molecule has 0 fully saturated rings. The highest BCUT2D eigenvalue weighted by Crippen LogP contribution is 2.11. The number of halogens is 1. The highest BCUT2D eigenvalue weighted by Gasteiger charge is 2.09. The lowest BCUT2D eigenvalue weighted by Gasteiger charge is -2.21. The lowest BCUT2D eigenvalue weighted by molar-refractivity contribution is 0.200. The van der Waals surface area contributed by atoms with Crippen LogP contribution in [0.3, 0.4) is 0 Å². The summed E-state index contributed by atoms with van der Waals surface area (Å²) in [5, 5.41) is 3.50. The molecule has 3 nitrogen and oxygen atoms in total. The first-order valence-corrected chi connectivity index (χ1v) is 7.52. The first kappa shape index (κ1) is 16.6. The Hall–Kier alpha value is -1.48. The summed E-state index contributed by atoms with van der Waals surface area (Å²) in [6.07, 6.45) is 6.60. The molecule has 0 unspecified atom stereocenters. The Labute approximate surface area is 126 Å². The number of hydrogen-bond donors (Lipinski definition) is 1. The lowest BCUT2D eigenvalue weighted by Crippen LogP contribution is -2.38. The van der Waals surface area contributed by atoms with Crippen LogP contribution in [0.15, 0.2) is 30.5 Å². The van der Waals surface area contributed by atoms with E-state index in [2.05, 4.69) is 19.2 Å². The van der Waals surface area contributed by atoms with E-state index < -0.39 is 0 Å². The van der Waals surface area contributed by atoms with Gasteiger partial charge in [-0.05, 0) is 36.6 Å². The van der Waals surface area contributed by atoms with E-state index in [-0.39, 0.29) is 6.03 Å². The maximum Gasteiger partial charge on any atom is 0.321 e. The molecule has 1 rings (SSSR count). The number of amides is 2. The molecule has 0 heterocycles. The van der Waals surface area contributed by atoms with Crippen LogP contribution in [0.25, 0.3) is 6.08 Å². The minimum absolute atomic E-state index is 0.0430. The summed E-state index contributed by atoms with van der Waals surface area (Å²) in [5.41, 5.74) is 0.966. The second kappa shape index (κ2) is 9.43. The number of carbonyl (C=O) groups excluding carboxylic acids is 1. The number of carbonyl (C=O) groups is 1. The third-order valence-electron chi connectivity index (χ3n) is 2.89. The summed E-state index contributed by atoms with van der Waals surface area (Å²) in [4.78, 5) is 13.9. The normalized spacial score (nSPS) is 10.8. The van der Waals surface area contributed by atoms with Crippen LogP contribution in [0, 0.1) is 0 Å². The Kier molecular flexibility index (Phi) is 7.81. The number of rotatable bonds is 7. The minimum Gasteiger partial charge on any atom is -0.325 e. The van der Waals surface area contributed by atoms with E-state index in [0.717, 1.165) is 37.9 Å². The van der Waals surface area contributed by atoms with Gasteiger partial charge in [0.25, 0.3) is 0 Å². The lowest BCUT2D eigenvalue weighted by atomic mass is 10.2. The Morgan fingerprint density at radius 2 is 2.10 bits per heavy atom. The highest BCUT2D eigenvalue weighted by atomic mass is 35.5. The SMILES string of the molecule is CCCCN(CCC)C(=O)N/C=C/c1cccc(Cl)c1. The summed E-state index contributed by atoms with van der Waals surface area (Å²) in [6, 6.07) is 7.46. The van der Waals surface area contributed by atoms with Crippen molar-refractivity contribution < 1.29 is 4.79 Å². The second-order valence-electron chi connectivity index (χ2n) is 4.68. The van der Waals surface area contributed by atoms with Gasteiger partial charge in [-0.1, -0.05) is 44.0 Å². The van der Waals surface area contributed by atoms with Crippen molar-refractivity contribution in [3.63, 3.8) is 0 Å². The molecule has 0 saturated heterocycles. The van der Waals surface area contributed by atoms with Crippen LogP contribution in [-0.2, 0) is 0 Å². The van der Waals surface area contributed by atoms with Gasteiger partial charge >= 0.3 is 6.03 Å². The van der Waals surface area contributed by atoms with Gasteiger partial charge in [0.1, 0.15) is 0 Å². The van der Waals surface area contributed by atoms with Crippen molar-refractivity contribution in [2.24, 2.45) is 0 Å². The fourth-order valence-corrected chi connectivity index (χ4v) is 2.04. The highest BCUT2D eigenvalue weighted by molar-refractivity contribution is 6.30. The maximum atomic E-state index is 12.0. The van der Waals surface area contributed by atoms with Crippen LogP contribution >= 0.6 is 11.6 Å². The molecule has 0 aliphatic rings. The summed E-state index contributed by atoms with van der Waals surface area (Å²) >= 11 is 5.91. The van der Waals surface area contributed by atoms with Crippen LogP contribution in [0.1, 0.15) is 38.7 Å². The molecule has 20 heavy (non-hydrogen) atoms. The van der Waals surface area contributed by atoms with Crippen molar-refractivity contribution in [1.82, 2.24) is 10.2 Å². The van der Waals surface area contributed by atoms with E-state index in [4.69, 9.17) is 11.6 Å². The largest absolute Gasteiger partial charge is 0.325 e. The van der Waals surface area contributed by atoms with Crippen molar-refractivity contribution in [1.29, 1.82) is 0 Å². The molecule has 110 valence electrons. The molecule has 1 aromatic rings. The summed E-state index contributed by atoms with van der Waals surface area (Å²) in [7, 11) is 0. The van der Waals surface area contributed by atoms with Gasteiger partial charge < -0.3 is 10.2 Å². The topological polar surface area (TPSA) is 32.3 Å². The number of hydrogen-bond acceptors (Lipinski definition) is 1. The van der Waals surface area contributed by atoms with Gasteiger partial charge in [-0.3, -0.25) is 0 Å². The molecule has 0 radical (unpaired) electrons. The zero-order chi connectivity index (χ0) is 14.8. The number of unbranched alkanes of at least 4 members (excludes halogenated alkanes) is 1. The molecule has 0 atom stereocenters. The van der Waals surface area contributed by atoms with Gasteiger partial charge in [-0.2, -0.15) is 0 Å². The zero-order valence-electron chi connectivity index (χ0n) is 12.2. The van der Waals surface area contributed by atoms with E-state index >= 15 is 0 Å². The number of urea groups is 1. The van der Waals surface area contributed by atoms with E-state index in [0.29, 0.717) is 5.02 Å². The van der Waals surface area contributed by atoms with E-state index in [1.165, 1.54) is 0 Å². The molecule has 1 aromatic carbocycles. The van der Waals surface area contributed by atoms with Crippen molar-refractivity contribution in [2.75, 3.05) is 13.1 Å². The zero-order valence-corrected chi connectivity index (χ0v) is 13.0. The molecule has 0 aliphatic heterocycles. The summed E-state index contributed by atoms with van der Waals surface area (Å²) < 4.78 is 0. The average molecular weight is 295 g/mol. The van der Waals surface area contributed by atoms with Crippen molar-refractivity contribution in [3.8, 4) is 0 Å². The Balaban J connectivity index is 2.51. The standard InChI is InChI=1S/C16H23ClN2O/c1-3-5-12-19(11-4-2)16(20)18-10-9-14-7-6-8-15(17)13-14/h6-10,13H,3-5,11-12H2,1-2H3,(H,18,20)/b10-9+. The number of benzene rings is 1. The van der Waals surface area contributed by atoms with E-state index in [1.807, 2.05) is 35.2 Å². The minimum atomic E-state index is -0.0430. The monoisotopic (exact) mass is 294 g/mol. The molecular formula is C16H23ClN2O. The van der Waals surface area contributed by atoms with Gasteiger partial charge in [0.2, 0.25) is 0 Å². The molecule has 0 spiro atoms. The summed E-state index contributed by atoms with van der Waals surface area (Å²) in [6.45, 7) is 5.80. The van der Waals surface area contributed by atoms with E-state index in [9.17, 15) is 4.79 Å². The third-order valence-corrected chi connectivity index (χ3v) is 3.13. The van der Waals surface area contributed by atoms with Crippen LogP contribution in [0.2, 0.25) is 5.02 Å². The molecule has 2 amide bonds. The molecular weight excluding hydrogens is 272 g/mol. The molecule has 0 aliphatic carbocycles. The van der Waals surface area contributed by atoms with Gasteiger partial charge in [0.15, 0.2) is 0 Å². The van der Waals surface area contributed by atoms with Crippen molar-refractivity contribution >= 4 is 23.7 Å². The first-order chi connectivity index (χ1) is 9.67. The molecule has 1 N–H and O–H groups in total. The predicted octanol–water partition coefficient (Wildman–Crippen LogP) is 4.53. The maximum absolute atomic E-state index is 12.0. The van der Waals surface area contributed by atoms with Gasteiger partial charge in [-0.25, -0.2) is 4.79 Å². The van der Waals surface area contributed by atoms with Crippen LogP contribution in [-0.4, -0.2) is 24.0 Å². The molecule has 0 saturated carbocycles. The fourth-order valence-electron chi connectivity index (χ4n) is 1.84. The van der Waals surface area contributed by atoms with Gasteiger partial charge in [0.05, 0.1) is 0 Å². The van der Waals surface area contributed by atoms with Crippen LogP contribution in [0.5, 0.6) is 0 Å². The van der Waals surface area contributed by atoms with Gasteiger partial charge in [0, 0.05) is 24.3 Å². The predicted molar refractivity (Wildman–Crippen MR) is 85.8 cm³/mol. The fraction of sp³-hybridized carbons (Fsp3) is 0.438. The molecule has 0 aromatic heterocycles. The van der Waals surface area contributed by atoms with Crippen molar-refractivity contribution in [2.45, 2.75) is 33.1 Å². The average Bonchev–Trinajstić information content (AvgIpc) is 2.43. The Morgan fingerprint density at radius 3 is 2.75 bits per heavy atom. The number of nitrogens with one attached hydrogen (secondary N) is 1. The van der Waals surface area contributed by atoms with Crippen molar-refractivity contribution in [3.05, 3.63) is 41.1 Å². The Bertz CT molecular complexity index is 446. The van der Waals surface area contributed by atoms with Crippen LogP contribution in [0.4, 0.5) is 4.79 Å². The first-order valence-electron chi connectivity index (χ1n) is 7.15. The number of nitrogens with zero attached hydrogens (tertiary/aromatic N) is 1. The second-order valence-corrected chi connectivity index (χ2v) is 5.11. The molecule has 4 heteroatoms. The molecule has 0 bridgehead atoms. The van der Waals surface area contributed by atoms with E-state index in [1.54, 1.807) is 6.20 Å². The van der Waals surface area contributed by atoms with Gasteiger partial charge in [-0.15, -0.1) is 0 Å². The van der Waals surface area contributed by atoms with Crippen LogP contribution < -0.4 is 5.32 Å².